The monoisotopic (exact) mass is 246 g/mol. The summed E-state index contributed by atoms with van der Waals surface area (Å²) in [5, 5.41) is 20.2. The van der Waals surface area contributed by atoms with Gasteiger partial charge < -0.3 is 10.4 Å². The van der Waals surface area contributed by atoms with Crippen molar-refractivity contribution in [3.05, 3.63) is 29.8 Å². The van der Waals surface area contributed by atoms with E-state index in [1.165, 1.54) is 13.0 Å². The second-order valence-electron chi connectivity index (χ2n) is 4.10. The van der Waals surface area contributed by atoms with Crippen LogP contribution in [0.25, 0.3) is 0 Å². The van der Waals surface area contributed by atoms with Gasteiger partial charge in [-0.05, 0) is 18.2 Å². The molecular formula is C13H14N2O3. The molecule has 0 aliphatic heterocycles. The Hall–Kier alpha value is -2.35. The van der Waals surface area contributed by atoms with Crippen molar-refractivity contribution in [2.24, 2.45) is 11.8 Å². The van der Waals surface area contributed by atoms with Gasteiger partial charge in [-0.3, -0.25) is 9.59 Å². The van der Waals surface area contributed by atoms with E-state index >= 15 is 0 Å². The molecule has 0 radical (unpaired) electrons. The number of hydrogen-bond acceptors (Lipinski definition) is 3. The molecule has 0 aliphatic rings. The Kier molecular flexibility index (Phi) is 4.44. The Morgan fingerprint density at radius 3 is 2.56 bits per heavy atom. The number of carbonyl (C=O) groups is 2. The van der Waals surface area contributed by atoms with E-state index in [2.05, 4.69) is 5.32 Å². The van der Waals surface area contributed by atoms with E-state index < -0.39 is 17.8 Å². The second-order valence-corrected chi connectivity index (χ2v) is 4.10. The molecule has 1 aromatic carbocycles. The maximum atomic E-state index is 11.8. The van der Waals surface area contributed by atoms with Crippen molar-refractivity contribution in [1.82, 2.24) is 0 Å². The number of amides is 1. The molecule has 2 atom stereocenters. The summed E-state index contributed by atoms with van der Waals surface area (Å²) in [6.07, 6.45) is 0. The fourth-order valence-corrected chi connectivity index (χ4v) is 1.36. The second kappa shape index (κ2) is 5.82. The third kappa shape index (κ3) is 3.32. The van der Waals surface area contributed by atoms with Crippen LogP contribution in [0.2, 0.25) is 0 Å². The number of carboxylic acid groups (broad SMARTS) is 1. The van der Waals surface area contributed by atoms with Crippen molar-refractivity contribution in [1.29, 1.82) is 5.26 Å². The lowest BCUT2D eigenvalue weighted by molar-refractivity contribution is -0.145. The highest BCUT2D eigenvalue weighted by Gasteiger charge is 2.25. The molecular weight excluding hydrogens is 232 g/mol. The summed E-state index contributed by atoms with van der Waals surface area (Å²) in [4.78, 5) is 22.6. The van der Waals surface area contributed by atoms with Gasteiger partial charge in [0.25, 0.3) is 0 Å². The van der Waals surface area contributed by atoms with Gasteiger partial charge in [0, 0.05) is 11.6 Å². The SMILES string of the molecule is CC(C(=O)O)C(C)C(=O)Nc1cccc(C#N)c1. The van der Waals surface area contributed by atoms with Crippen molar-refractivity contribution >= 4 is 17.6 Å². The van der Waals surface area contributed by atoms with Gasteiger partial charge in [0.1, 0.15) is 0 Å². The Bertz CT molecular complexity index is 505. The molecule has 0 aromatic heterocycles. The molecule has 0 bridgehead atoms. The zero-order valence-corrected chi connectivity index (χ0v) is 10.2. The number of nitrogens with one attached hydrogen (secondary N) is 1. The van der Waals surface area contributed by atoms with Gasteiger partial charge in [0.2, 0.25) is 5.91 Å². The fourth-order valence-electron chi connectivity index (χ4n) is 1.36. The lowest BCUT2D eigenvalue weighted by Crippen LogP contribution is -2.29. The van der Waals surface area contributed by atoms with Crippen LogP contribution in [0, 0.1) is 23.2 Å². The zero-order valence-electron chi connectivity index (χ0n) is 10.2. The van der Waals surface area contributed by atoms with Gasteiger partial charge in [0.05, 0.1) is 17.6 Å². The molecule has 1 aromatic rings. The predicted octanol–water partition coefficient (Wildman–Crippen LogP) is 1.85. The number of nitrogens with zero attached hydrogens (tertiary/aromatic N) is 1. The van der Waals surface area contributed by atoms with E-state index in [1.807, 2.05) is 6.07 Å². The van der Waals surface area contributed by atoms with Gasteiger partial charge >= 0.3 is 5.97 Å². The van der Waals surface area contributed by atoms with Crippen LogP contribution in [0.5, 0.6) is 0 Å². The quantitative estimate of drug-likeness (QED) is 0.848. The van der Waals surface area contributed by atoms with E-state index in [9.17, 15) is 9.59 Å². The van der Waals surface area contributed by atoms with E-state index in [0.717, 1.165) is 0 Å². The molecule has 0 fully saturated rings. The largest absolute Gasteiger partial charge is 0.481 e. The van der Waals surface area contributed by atoms with Crippen LogP contribution in [-0.2, 0) is 9.59 Å². The number of benzene rings is 1. The predicted molar refractivity (Wildman–Crippen MR) is 65.8 cm³/mol. The van der Waals surface area contributed by atoms with Crippen LogP contribution in [0.1, 0.15) is 19.4 Å². The van der Waals surface area contributed by atoms with Crippen molar-refractivity contribution in [3.63, 3.8) is 0 Å². The van der Waals surface area contributed by atoms with E-state index in [-0.39, 0.29) is 5.91 Å². The zero-order chi connectivity index (χ0) is 13.7. The summed E-state index contributed by atoms with van der Waals surface area (Å²) >= 11 is 0. The summed E-state index contributed by atoms with van der Waals surface area (Å²) in [6, 6.07) is 8.43. The molecule has 0 saturated heterocycles. The van der Waals surface area contributed by atoms with E-state index in [1.54, 1.807) is 25.1 Å². The van der Waals surface area contributed by atoms with Crippen molar-refractivity contribution in [2.75, 3.05) is 5.32 Å². The highest BCUT2D eigenvalue weighted by Crippen LogP contribution is 2.16. The van der Waals surface area contributed by atoms with Gasteiger partial charge in [0.15, 0.2) is 0 Å². The molecule has 0 spiro atoms. The normalized spacial score (nSPS) is 13.2. The highest BCUT2D eigenvalue weighted by atomic mass is 16.4. The van der Waals surface area contributed by atoms with Crippen LogP contribution in [0.15, 0.2) is 24.3 Å². The third-order valence-corrected chi connectivity index (χ3v) is 2.81. The Morgan fingerprint density at radius 1 is 1.33 bits per heavy atom. The molecule has 5 nitrogen and oxygen atoms in total. The lowest BCUT2D eigenvalue weighted by atomic mass is 9.95. The summed E-state index contributed by atoms with van der Waals surface area (Å²) in [5.74, 6) is -2.79. The summed E-state index contributed by atoms with van der Waals surface area (Å²) in [7, 11) is 0. The van der Waals surface area contributed by atoms with Gasteiger partial charge in [-0.25, -0.2) is 0 Å². The summed E-state index contributed by atoms with van der Waals surface area (Å²) in [5.41, 5.74) is 0.926. The maximum Gasteiger partial charge on any atom is 0.307 e. The topological polar surface area (TPSA) is 90.2 Å². The first-order chi connectivity index (χ1) is 8.45. The number of anilines is 1. The first-order valence-electron chi connectivity index (χ1n) is 5.49. The van der Waals surface area contributed by atoms with Gasteiger partial charge in [-0.1, -0.05) is 19.9 Å². The molecule has 2 N–H and O–H groups in total. The molecule has 0 heterocycles. The molecule has 2 unspecified atom stereocenters. The average Bonchev–Trinajstić information content (AvgIpc) is 2.36. The number of aliphatic carboxylic acids is 1. The number of rotatable bonds is 4. The van der Waals surface area contributed by atoms with E-state index in [4.69, 9.17) is 10.4 Å². The lowest BCUT2D eigenvalue weighted by Gasteiger charge is -2.15. The molecule has 1 rings (SSSR count). The van der Waals surface area contributed by atoms with Gasteiger partial charge in [-0.2, -0.15) is 5.26 Å². The fraction of sp³-hybridized carbons (Fsp3) is 0.308. The highest BCUT2D eigenvalue weighted by molar-refractivity contribution is 5.94. The standard InChI is InChI=1S/C13H14N2O3/c1-8(9(2)13(17)18)12(16)15-11-5-3-4-10(6-11)7-14/h3-6,8-9H,1-2H3,(H,15,16)(H,17,18). The van der Waals surface area contributed by atoms with Crippen LogP contribution < -0.4 is 5.32 Å². The van der Waals surface area contributed by atoms with Gasteiger partial charge in [-0.15, -0.1) is 0 Å². The average molecular weight is 246 g/mol. The summed E-state index contributed by atoms with van der Waals surface area (Å²) < 4.78 is 0. The number of carbonyl (C=O) groups excluding carboxylic acids is 1. The molecule has 5 heteroatoms. The van der Waals surface area contributed by atoms with E-state index in [0.29, 0.717) is 11.3 Å². The molecule has 0 saturated carbocycles. The minimum Gasteiger partial charge on any atom is -0.481 e. The van der Waals surface area contributed by atoms with Crippen molar-refractivity contribution < 1.29 is 14.7 Å². The first-order valence-corrected chi connectivity index (χ1v) is 5.49. The minimum absolute atomic E-state index is 0.375. The van der Waals surface area contributed by atoms with Crippen LogP contribution in [0.3, 0.4) is 0 Å². The third-order valence-electron chi connectivity index (χ3n) is 2.81. The summed E-state index contributed by atoms with van der Waals surface area (Å²) in [6.45, 7) is 3.04. The smallest absolute Gasteiger partial charge is 0.307 e. The van der Waals surface area contributed by atoms with Crippen LogP contribution in [0.4, 0.5) is 5.69 Å². The number of carboxylic acids is 1. The molecule has 94 valence electrons. The Balaban J connectivity index is 2.75. The number of hydrogen-bond donors (Lipinski definition) is 2. The molecule has 18 heavy (non-hydrogen) atoms. The molecule has 1 amide bonds. The first kappa shape index (κ1) is 13.7. The minimum atomic E-state index is -1.01. The van der Waals surface area contributed by atoms with Crippen LogP contribution in [-0.4, -0.2) is 17.0 Å². The Morgan fingerprint density at radius 2 is 2.00 bits per heavy atom. The Labute approximate surface area is 105 Å². The molecule has 0 aliphatic carbocycles. The number of nitriles is 1. The van der Waals surface area contributed by atoms with Crippen molar-refractivity contribution in [3.8, 4) is 6.07 Å². The maximum absolute atomic E-state index is 11.8. The van der Waals surface area contributed by atoms with Crippen molar-refractivity contribution in [2.45, 2.75) is 13.8 Å². The van der Waals surface area contributed by atoms with Crippen LogP contribution >= 0.6 is 0 Å².